The van der Waals surface area contributed by atoms with Gasteiger partial charge in [0.15, 0.2) is 11.6 Å². The van der Waals surface area contributed by atoms with Gasteiger partial charge in [-0.15, -0.1) is 0 Å². The largest absolute Gasteiger partial charge is 0.365 e. The molecule has 3 nitrogen and oxygen atoms in total. The van der Waals surface area contributed by atoms with E-state index in [2.05, 4.69) is 15.3 Å². The van der Waals surface area contributed by atoms with E-state index in [1.807, 2.05) is 6.92 Å². The third-order valence-electron chi connectivity index (χ3n) is 2.11. The Balaban J connectivity index is 2.22. The second-order valence-electron chi connectivity index (χ2n) is 3.26. The number of anilines is 1. The van der Waals surface area contributed by atoms with Crippen molar-refractivity contribution >= 4 is 5.82 Å². The maximum atomic E-state index is 13.5. The van der Waals surface area contributed by atoms with Gasteiger partial charge in [0.25, 0.3) is 0 Å². The highest BCUT2D eigenvalue weighted by molar-refractivity contribution is 5.39. The lowest BCUT2D eigenvalue weighted by atomic mass is 10.3. The molecule has 1 fully saturated rings. The molecule has 0 aliphatic heterocycles. The maximum Gasteiger partial charge on any atom is 0.186 e. The quantitative estimate of drug-likeness (QED) is 0.772. The minimum Gasteiger partial charge on any atom is -0.365 e. The molecule has 0 unspecified atom stereocenters. The van der Waals surface area contributed by atoms with Crippen LogP contribution < -0.4 is 5.32 Å². The van der Waals surface area contributed by atoms with E-state index in [0.29, 0.717) is 24.0 Å². The average molecular weight is 181 g/mol. The second kappa shape index (κ2) is 3.28. The molecule has 1 aliphatic carbocycles. The van der Waals surface area contributed by atoms with Gasteiger partial charge in [0, 0.05) is 6.04 Å². The van der Waals surface area contributed by atoms with E-state index in [0.717, 1.165) is 12.8 Å². The van der Waals surface area contributed by atoms with Gasteiger partial charge in [0.2, 0.25) is 0 Å². The Hall–Kier alpha value is -1.19. The molecule has 0 atom stereocenters. The summed E-state index contributed by atoms with van der Waals surface area (Å²) in [5, 5.41) is 3.03. The predicted molar refractivity (Wildman–Crippen MR) is 48.0 cm³/mol. The monoisotopic (exact) mass is 181 g/mol. The molecule has 1 aromatic heterocycles. The molecule has 0 bridgehead atoms. The molecular weight excluding hydrogens is 169 g/mol. The van der Waals surface area contributed by atoms with E-state index in [1.165, 1.54) is 6.33 Å². The maximum absolute atomic E-state index is 13.5. The van der Waals surface area contributed by atoms with E-state index < -0.39 is 0 Å². The van der Waals surface area contributed by atoms with Gasteiger partial charge >= 0.3 is 0 Å². The van der Waals surface area contributed by atoms with Crippen molar-refractivity contribution in [2.75, 3.05) is 5.32 Å². The zero-order chi connectivity index (χ0) is 9.26. The van der Waals surface area contributed by atoms with Gasteiger partial charge < -0.3 is 5.32 Å². The van der Waals surface area contributed by atoms with Crippen LogP contribution in [0.1, 0.15) is 25.5 Å². The van der Waals surface area contributed by atoms with Crippen LogP contribution in [0.5, 0.6) is 0 Å². The fourth-order valence-electron chi connectivity index (χ4n) is 1.17. The van der Waals surface area contributed by atoms with Crippen molar-refractivity contribution in [3.63, 3.8) is 0 Å². The van der Waals surface area contributed by atoms with Gasteiger partial charge in [-0.3, -0.25) is 0 Å². The van der Waals surface area contributed by atoms with Gasteiger partial charge in [-0.2, -0.15) is 0 Å². The van der Waals surface area contributed by atoms with Crippen molar-refractivity contribution in [3.05, 3.63) is 17.8 Å². The fraction of sp³-hybridized carbons (Fsp3) is 0.556. The summed E-state index contributed by atoms with van der Waals surface area (Å²) >= 11 is 0. The van der Waals surface area contributed by atoms with Crippen LogP contribution in [0.3, 0.4) is 0 Å². The molecular formula is C9H12FN3. The van der Waals surface area contributed by atoms with Gasteiger partial charge in [-0.1, -0.05) is 6.92 Å². The summed E-state index contributed by atoms with van der Waals surface area (Å²) in [6, 6.07) is 0.425. The van der Waals surface area contributed by atoms with Crippen LogP contribution in [-0.4, -0.2) is 16.0 Å². The van der Waals surface area contributed by atoms with Crippen LogP contribution >= 0.6 is 0 Å². The molecule has 2 rings (SSSR count). The molecule has 70 valence electrons. The van der Waals surface area contributed by atoms with Crippen molar-refractivity contribution < 1.29 is 4.39 Å². The molecule has 1 N–H and O–H groups in total. The lowest BCUT2D eigenvalue weighted by Gasteiger charge is -2.05. The Morgan fingerprint density at radius 3 is 2.92 bits per heavy atom. The first-order valence-corrected chi connectivity index (χ1v) is 4.57. The minimum absolute atomic E-state index is 0.295. The summed E-state index contributed by atoms with van der Waals surface area (Å²) in [5.74, 6) is 0.0613. The number of halogens is 1. The lowest BCUT2D eigenvalue weighted by Crippen LogP contribution is -2.08. The van der Waals surface area contributed by atoms with Crippen LogP contribution in [0.15, 0.2) is 6.33 Å². The molecule has 1 saturated carbocycles. The highest BCUT2D eigenvalue weighted by Gasteiger charge is 2.23. The second-order valence-corrected chi connectivity index (χ2v) is 3.26. The predicted octanol–water partition coefficient (Wildman–Crippen LogP) is 1.75. The number of aromatic nitrogens is 2. The topological polar surface area (TPSA) is 37.8 Å². The molecule has 0 saturated heterocycles. The van der Waals surface area contributed by atoms with Crippen molar-refractivity contribution in [2.24, 2.45) is 0 Å². The number of rotatable bonds is 3. The van der Waals surface area contributed by atoms with Gasteiger partial charge in [-0.05, 0) is 19.3 Å². The van der Waals surface area contributed by atoms with E-state index in [1.54, 1.807) is 0 Å². The molecule has 0 radical (unpaired) electrons. The number of hydrogen-bond donors (Lipinski definition) is 1. The molecule has 0 amide bonds. The Bertz CT molecular complexity index is 310. The third kappa shape index (κ3) is 1.76. The zero-order valence-corrected chi connectivity index (χ0v) is 7.55. The smallest absolute Gasteiger partial charge is 0.186 e. The Morgan fingerprint density at radius 1 is 1.54 bits per heavy atom. The molecule has 1 heterocycles. The van der Waals surface area contributed by atoms with Gasteiger partial charge in [0.1, 0.15) is 6.33 Å². The number of hydrogen-bond acceptors (Lipinski definition) is 3. The average Bonchev–Trinajstić information content (AvgIpc) is 2.92. The van der Waals surface area contributed by atoms with E-state index >= 15 is 0 Å². The summed E-state index contributed by atoms with van der Waals surface area (Å²) in [4.78, 5) is 7.73. The van der Waals surface area contributed by atoms with Crippen LogP contribution in [0.4, 0.5) is 10.2 Å². The summed E-state index contributed by atoms with van der Waals surface area (Å²) < 4.78 is 13.5. The normalized spacial score (nSPS) is 15.8. The number of nitrogens with zero attached hydrogens (tertiary/aromatic N) is 2. The molecule has 0 aromatic carbocycles. The van der Waals surface area contributed by atoms with Gasteiger partial charge in [0.05, 0.1) is 5.69 Å². The van der Waals surface area contributed by atoms with Crippen molar-refractivity contribution in [2.45, 2.75) is 32.2 Å². The van der Waals surface area contributed by atoms with E-state index in [4.69, 9.17) is 0 Å². The van der Waals surface area contributed by atoms with Crippen molar-refractivity contribution in [3.8, 4) is 0 Å². The summed E-state index contributed by atoms with van der Waals surface area (Å²) in [5.41, 5.74) is 0.484. The molecule has 0 spiro atoms. The first-order valence-electron chi connectivity index (χ1n) is 4.57. The Kier molecular flexibility index (Phi) is 2.12. The molecule has 1 aromatic rings. The number of aryl methyl sites for hydroxylation is 1. The Morgan fingerprint density at radius 2 is 2.31 bits per heavy atom. The van der Waals surface area contributed by atoms with Gasteiger partial charge in [-0.25, -0.2) is 14.4 Å². The first-order chi connectivity index (χ1) is 6.31. The first kappa shape index (κ1) is 8.41. The van der Waals surface area contributed by atoms with Crippen LogP contribution in [0, 0.1) is 5.82 Å². The summed E-state index contributed by atoms with van der Waals surface area (Å²) in [6.45, 7) is 1.88. The van der Waals surface area contributed by atoms with Crippen LogP contribution in [-0.2, 0) is 6.42 Å². The minimum atomic E-state index is -0.295. The number of nitrogens with one attached hydrogen (secondary N) is 1. The Labute approximate surface area is 76.4 Å². The lowest BCUT2D eigenvalue weighted by molar-refractivity contribution is 0.596. The summed E-state index contributed by atoms with van der Waals surface area (Å²) in [7, 11) is 0. The van der Waals surface area contributed by atoms with E-state index in [9.17, 15) is 4.39 Å². The highest BCUT2D eigenvalue weighted by Crippen LogP contribution is 2.25. The standard InChI is InChI=1S/C9H12FN3/c1-2-7-8(10)9(12-5-11-7)13-6-3-4-6/h5-6H,2-4H2,1H3,(H,11,12,13). The summed E-state index contributed by atoms with van der Waals surface area (Å²) in [6.07, 6.45) is 4.25. The third-order valence-corrected chi connectivity index (χ3v) is 2.11. The SMILES string of the molecule is CCc1ncnc(NC2CC2)c1F. The molecule has 13 heavy (non-hydrogen) atoms. The fourth-order valence-corrected chi connectivity index (χ4v) is 1.17. The van der Waals surface area contributed by atoms with E-state index in [-0.39, 0.29) is 5.82 Å². The highest BCUT2D eigenvalue weighted by atomic mass is 19.1. The zero-order valence-electron chi connectivity index (χ0n) is 7.55. The van der Waals surface area contributed by atoms with Crippen molar-refractivity contribution in [1.29, 1.82) is 0 Å². The molecule has 1 aliphatic rings. The van der Waals surface area contributed by atoms with Crippen LogP contribution in [0.2, 0.25) is 0 Å². The van der Waals surface area contributed by atoms with Crippen LogP contribution in [0.25, 0.3) is 0 Å². The van der Waals surface area contributed by atoms with Crippen molar-refractivity contribution in [1.82, 2.24) is 9.97 Å². The molecule has 4 heteroatoms.